The molecule has 4 heteroatoms. The second-order valence-electron chi connectivity index (χ2n) is 12.3. The molecule has 0 unspecified atom stereocenters. The third kappa shape index (κ3) is 7.22. The van der Waals surface area contributed by atoms with Gasteiger partial charge in [-0.15, -0.1) is 71.3 Å². The zero-order valence-electron chi connectivity index (χ0n) is 28.5. The summed E-state index contributed by atoms with van der Waals surface area (Å²) in [5, 5.41) is 3.61. The van der Waals surface area contributed by atoms with Gasteiger partial charge in [0.25, 0.3) is 0 Å². The summed E-state index contributed by atoms with van der Waals surface area (Å²) in [6.07, 6.45) is 5.49. The van der Waals surface area contributed by atoms with Gasteiger partial charge in [0, 0.05) is 44.1 Å². The van der Waals surface area contributed by atoms with E-state index in [1.807, 2.05) is 85.2 Å². The van der Waals surface area contributed by atoms with E-state index in [9.17, 15) is 0 Å². The van der Waals surface area contributed by atoms with Crippen molar-refractivity contribution in [1.29, 1.82) is 0 Å². The SMILES string of the molecule is Cc1c(-c2cc[c-]c(-c3ccccn3)c2)cccc1-c1cc2ncccc2c2ccc(-c3ccccc3)cc12.[Ir].[c-]1ccccc1-c1ccccn1. The Morgan fingerprint density at radius 1 is 0.404 bits per heavy atom. The van der Waals surface area contributed by atoms with Crippen LogP contribution in [0, 0.1) is 19.1 Å². The summed E-state index contributed by atoms with van der Waals surface area (Å²) in [6, 6.07) is 62.8. The zero-order chi connectivity index (χ0) is 34.4. The van der Waals surface area contributed by atoms with Crippen LogP contribution in [0.2, 0.25) is 0 Å². The van der Waals surface area contributed by atoms with E-state index < -0.39 is 0 Å². The molecular formula is C48H33IrN3-2. The number of rotatable bonds is 5. The molecule has 0 fully saturated rings. The van der Waals surface area contributed by atoms with Crippen molar-refractivity contribution in [3.05, 3.63) is 200 Å². The largest absolute Gasteiger partial charge is 0.305 e. The van der Waals surface area contributed by atoms with Crippen molar-refractivity contribution in [3.8, 4) is 55.9 Å². The third-order valence-corrected chi connectivity index (χ3v) is 9.15. The molecule has 0 aliphatic heterocycles. The fourth-order valence-corrected chi connectivity index (χ4v) is 6.63. The van der Waals surface area contributed by atoms with Crippen molar-refractivity contribution >= 4 is 21.7 Å². The second-order valence-corrected chi connectivity index (χ2v) is 12.3. The fourth-order valence-electron chi connectivity index (χ4n) is 6.63. The molecule has 0 saturated carbocycles. The molecule has 3 nitrogen and oxygen atoms in total. The minimum atomic E-state index is 0. The van der Waals surface area contributed by atoms with Crippen LogP contribution in [-0.2, 0) is 20.1 Å². The van der Waals surface area contributed by atoms with E-state index in [0.717, 1.165) is 33.6 Å². The number of fused-ring (bicyclic) bond motifs is 3. The standard InChI is InChI=1S/C37H25N2.C11H8N.Ir/c1-25-30(28-12-7-13-29(22-28)36-17-5-6-20-38-36)14-8-15-31(25)35-24-37-33(16-9-21-39-37)32-19-18-27(23-34(32)35)26-10-3-2-4-11-26;1-2-6-10(7-3-1)11-8-4-5-9-12-11;/h2-12,14-24H,1H3;1-6,8-9H;/q2*-1;. The van der Waals surface area contributed by atoms with E-state index in [1.54, 1.807) is 6.20 Å². The molecule has 52 heavy (non-hydrogen) atoms. The van der Waals surface area contributed by atoms with Crippen molar-refractivity contribution in [3.63, 3.8) is 0 Å². The average Bonchev–Trinajstić information content (AvgIpc) is 3.22. The average molecular weight is 844 g/mol. The van der Waals surface area contributed by atoms with Gasteiger partial charge in [0.05, 0.1) is 5.52 Å². The van der Waals surface area contributed by atoms with Gasteiger partial charge in [-0.3, -0.25) is 4.98 Å². The number of nitrogens with zero attached hydrogens (tertiary/aromatic N) is 3. The van der Waals surface area contributed by atoms with E-state index >= 15 is 0 Å². The molecule has 0 amide bonds. The molecule has 3 aromatic heterocycles. The van der Waals surface area contributed by atoms with E-state index in [-0.39, 0.29) is 20.1 Å². The Bertz CT molecular complexity index is 2540. The van der Waals surface area contributed by atoms with E-state index in [0.29, 0.717) is 0 Å². The first-order valence-corrected chi connectivity index (χ1v) is 17.0. The van der Waals surface area contributed by atoms with Crippen LogP contribution in [0.15, 0.2) is 182 Å². The maximum absolute atomic E-state index is 4.74. The summed E-state index contributed by atoms with van der Waals surface area (Å²) >= 11 is 0. The van der Waals surface area contributed by atoms with Crippen LogP contribution in [0.3, 0.4) is 0 Å². The van der Waals surface area contributed by atoms with Crippen molar-refractivity contribution in [2.24, 2.45) is 0 Å². The Morgan fingerprint density at radius 2 is 1.12 bits per heavy atom. The summed E-state index contributed by atoms with van der Waals surface area (Å²) < 4.78 is 0. The molecule has 9 aromatic rings. The maximum Gasteiger partial charge on any atom is 0.0714 e. The summed E-state index contributed by atoms with van der Waals surface area (Å²) in [5.74, 6) is 0. The molecule has 1 radical (unpaired) electrons. The minimum absolute atomic E-state index is 0. The van der Waals surface area contributed by atoms with E-state index in [4.69, 9.17) is 4.98 Å². The number of hydrogen-bond acceptors (Lipinski definition) is 3. The number of pyridine rings is 3. The molecule has 0 N–H and O–H groups in total. The zero-order valence-corrected chi connectivity index (χ0v) is 30.9. The predicted octanol–water partition coefficient (Wildman–Crippen LogP) is 12.1. The summed E-state index contributed by atoms with van der Waals surface area (Å²) in [5.41, 5.74) is 13.3. The Kier molecular flexibility index (Phi) is 10.5. The molecule has 0 aliphatic carbocycles. The first-order valence-electron chi connectivity index (χ1n) is 17.0. The summed E-state index contributed by atoms with van der Waals surface area (Å²) in [4.78, 5) is 13.5. The van der Waals surface area contributed by atoms with Gasteiger partial charge >= 0.3 is 0 Å². The molecule has 0 atom stereocenters. The van der Waals surface area contributed by atoms with Crippen molar-refractivity contribution in [2.75, 3.05) is 0 Å². The van der Waals surface area contributed by atoms with Crippen LogP contribution in [0.5, 0.6) is 0 Å². The van der Waals surface area contributed by atoms with Crippen LogP contribution < -0.4 is 0 Å². The summed E-state index contributed by atoms with van der Waals surface area (Å²) in [6.45, 7) is 2.22. The quantitative estimate of drug-likeness (QED) is 0.128. The Labute approximate surface area is 318 Å². The van der Waals surface area contributed by atoms with Gasteiger partial charge in [-0.05, 0) is 92.8 Å². The molecule has 0 saturated heterocycles. The van der Waals surface area contributed by atoms with Gasteiger partial charge < -0.3 is 9.97 Å². The Hall–Kier alpha value is -6.06. The van der Waals surface area contributed by atoms with E-state index in [2.05, 4.69) is 120 Å². The molecule has 251 valence electrons. The topological polar surface area (TPSA) is 38.7 Å². The van der Waals surface area contributed by atoms with Crippen LogP contribution in [0.1, 0.15) is 5.56 Å². The second kappa shape index (κ2) is 15.9. The normalized spacial score (nSPS) is 10.6. The first kappa shape index (κ1) is 34.4. The van der Waals surface area contributed by atoms with Gasteiger partial charge in [-0.1, -0.05) is 91.0 Å². The molecule has 9 rings (SSSR count). The Morgan fingerprint density at radius 3 is 1.87 bits per heavy atom. The van der Waals surface area contributed by atoms with Gasteiger partial charge in [-0.25, -0.2) is 0 Å². The first-order chi connectivity index (χ1) is 25.2. The van der Waals surface area contributed by atoms with Crippen molar-refractivity contribution < 1.29 is 20.1 Å². The number of aromatic nitrogens is 3. The van der Waals surface area contributed by atoms with Crippen LogP contribution >= 0.6 is 0 Å². The summed E-state index contributed by atoms with van der Waals surface area (Å²) in [7, 11) is 0. The third-order valence-electron chi connectivity index (χ3n) is 9.15. The Balaban J connectivity index is 0.000000275. The molecule has 0 aliphatic rings. The van der Waals surface area contributed by atoms with Crippen LogP contribution in [0.25, 0.3) is 77.6 Å². The number of benzene rings is 6. The van der Waals surface area contributed by atoms with Crippen molar-refractivity contribution in [2.45, 2.75) is 6.92 Å². The van der Waals surface area contributed by atoms with Gasteiger partial charge in [0.2, 0.25) is 0 Å². The molecular weight excluding hydrogens is 811 g/mol. The minimum Gasteiger partial charge on any atom is -0.305 e. The van der Waals surface area contributed by atoms with Gasteiger partial charge in [-0.2, -0.15) is 0 Å². The van der Waals surface area contributed by atoms with Gasteiger partial charge in [0.15, 0.2) is 0 Å². The molecule has 6 aromatic carbocycles. The monoisotopic (exact) mass is 844 g/mol. The number of hydrogen-bond donors (Lipinski definition) is 0. The maximum atomic E-state index is 4.74. The van der Waals surface area contributed by atoms with Gasteiger partial charge in [0.1, 0.15) is 0 Å². The van der Waals surface area contributed by atoms with Crippen molar-refractivity contribution in [1.82, 2.24) is 15.0 Å². The van der Waals surface area contributed by atoms with Crippen LogP contribution in [0.4, 0.5) is 0 Å². The smallest absolute Gasteiger partial charge is 0.0714 e. The fraction of sp³-hybridized carbons (Fsp3) is 0.0208. The molecule has 0 spiro atoms. The molecule has 3 heterocycles. The predicted molar refractivity (Wildman–Crippen MR) is 211 cm³/mol. The molecule has 0 bridgehead atoms. The van der Waals surface area contributed by atoms with Crippen LogP contribution in [-0.4, -0.2) is 15.0 Å². The van der Waals surface area contributed by atoms with E-state index in [1.165, 1.54) is 49.5 Å².